The van der Waals surface area contributed by atoms with Gasteiger partial charge in [0, 0.05) is 7.05 Å². The van der Waals surface area contributed by atoms with Gasteiger partial charge in [-0.05, 0) is 24.3 Å². The first-order valence-corrected chi connectivity index (χ1v) is 5.82. The van der Waals surface area contributed by atoms with Gasteiger partial charge in [-0.2, -0.15) is 0 Å². The third kappa shape index (κ3) is 2.25. The Labute approximate surface area is 103 Å². The van der Waals surface area contributed by atoms with Crippen molar-refractivity contribution in [1.29, 1.82) is 0 Å². The van der Waals surface area contributed by atoms with Crippen LogP contribution in [0.2, 0.25) is 0 Å². The summed E-state index contributed by atoms with van der Waals surface area (Å²) in [6.07, 6.45) is 6.92. The van der Waals surface area contributed by atoms with Crippen LogP contribution in [0.5, 0.6) is 0 Å². The van der Waals surface area contributed by atoms with Gasteiger partial charge in [-0.25, -0.2) is 0 Å². The van der Waals surface area contributed by atoms with Crippen molar-refractivity contribution < 1.29 is 9.21 Å². The summed E-state index contributed by atoms with van der Waals surface area (Å²) in [6.45, 7) is 0. The molecule has 0 N–H and O–H groups in total. The van der Waals surface area contributed by atoms with Crippen molar-refractivity contribution in [3.05, 3.63) is 41.2 Å². The zero-order valence-electron chi connectivity index (χ0n) is 8.54. The lowest BCUT2D eigenvalue weighted by Gasteiger charge is -2.03. The molecule has 16 heavy (non-hydrogen) atoms. The summed E-state index contributed by atoms with van der Waals surface area (Å²) in [5.41, 5.74) is 0. The first-order valence-electron chi connectivity index (χ1n) is 4.60. The maximum atomic E-state index is 11.6. The average molecular weight is 251 g/mol. The number of likely N-dealkylation sites (N-methyl/N-ethyl adjacent to an activating group) is 1. The number of thioether (sulfide) groups is 1. The second-order valence-electron chi connectivity index (χ2n) is 3.14. The highest BCUT2D eigenvalue weighted by Gasteiger charge is 2.27. The van der Waals surface area contributed by atoms with Gasteiger partial charge in [-0.3, -0.25) is 9.69 Å². The van der Waals surface area contributed by atoms with E-state index in [1.165, 1.54) is 16.7 Å². The summed E-state index contributed by atoms with van der Waals surface area (Å²) < 4.78 is 5.71. The van der Waals surface area contributed by atoms with Crippen LogP contribution in [0.1, 0.15) is 5.76 Å². The van der Waals surface area contributed by atoms with E-state index < -0.39 is 0 Å². The minimum atomic E-state index is -0.0564. The molecule has 0 spiro atoms. The molecule has 0 aliphatic carbocycles. The molecule has 0 atom stereocenters. The highest BCUT2D eigenvalue weighted by atomic mass is 32.2. The predicted octanol–water partition coefficient (Wildman–Crippen LogP) is 2.67. The first-order chi connectivity index (χ1) is 7.68. The Balaban J connectivity index is 2.09. The maximum Gasteiger partial charge on any atom is 0.265 e. The number of allylic oxidation sites excluding steroid dienone is 2. The molecular formula is C11H9NO2S2. The lowest BCUT2D eigenvalue weighted by Crippen LogP contribution is -2.22. The zero-order chi connectivity index (χ0) is 11.5. The molecule has 1 aromatic heterocycles. The second-order valence-corrected chi connectivity index (χ2v) is 4.81. The molecule has 0 saturated carbocycles. The Bertz CT molecular complexity index is 474. The van der Waals surface area contributed by atoms with E-state index in [0.717, 1.165) is 5.76 Å². The molecule has 1 aliphatic rings. The van der Waals surface area contributed by atoms with Crippen molar-refractivity contribution >= 4 is 40.3 Å². The highest BCUT2D eigenvalue weighted by molar-refractivity contribution is 8.26. The van der Waals surface area contributed by atoms with E-state index >= 15 is 0 Å². The number of amides is 1. The zero-order valence-corrected chi connectivity index (χ0v) is 10.2. The monoisotopic (exact) mass is 251 g/mol. The van der Waals surface area contributed by atoms with Gasteiger partial charge in [0.25, 0.3) is 5.91 Å². The van der Waals surface area contributed by atoms with Crippen molar-refractivity contribution in [2.75, 3.05) is 7.05 Å². The summed E-state index contributed by atoms with van der Waals surface area (Å²) in [6, 6.07) is 3.65. The molecule has 1 aromatic rings. The average Bonchev–Trinajstić information content (AvgIpc) is 2.85. The third-order valence-corrected chi connectivity index (χ3v) is 3.54. The molecule has 1 amide bonds. The molecule has 1 aliphatic heterocycles. The van der Waals surface area contributed by atoms with Crippen LogP contribution in [-0.4, -0.2) is 22.2 Å². The number of furan rings is 1. The number of carbonyl (C=O) groups is 1. The summed E-state index contributed by atoms with van der Waals surface area (Å²) in [4.78, 5) is 13.7. The van der Waals surface area contributed by atoms with Gasteiger partial charge in [0.1, 0.15) is 10.1 Å². The minimum absolute atomic E-state index is 0.0564. The number of carbonyl (C=O) groups excluding carboxylic acids is 1. The van der Waals surface area contributed by atoms with Crippen LogP contribution >= 0.6 is 24.0 Å². The molecule has 5 heteroatoms. The maximum absolute atomic E-state index is 11.6. The van der Waals surface area contributed by atoms with Gasteiger partial charge >= 0.3 is 0 Å². The molecule has 0 aromatic carbocycles. The quantitative estimate of drug-likeness (QED) is 0.597. The van der Waals surface area contributed by atoms with Gasteiger partial charge in [-0.1, -0.05) is 30.1 Å². The molecule has 82 valence electrons. The van der Waals surface area contributed by atoms with E-state index in [9.17, 15) is 4.79 Å². The molecule has 1 fully saturated rings. The Hall–Kier alpha value is -1.33. The summed E-state index contributed by atoms with van der Waals surface area (Å²) in [5.74, 6) is 0.697. The van der Waals surface area contributed by atoms with Crippen LogP contribution in [0.3, 0.4) is 0 Å². The van der Waals surface area contributed by atoms with Crippen molar-refractivity contribution in [2.45, 2.75) is 0 Å². The normalized spacial score (nSPS) is 19.3. The summed E-state index contributed by atoms with van der Waals surface area (Å²) in [5, 5.41) is 0. The summed E-state index contributed by atoms with van der Waals surface area (Å²) >= 11 is 6.32. The topological polar surface area (TPSA) is 33.5 Å². The fraction of sp³-hybridized carbons (Fsp3) is 0.0909. The van der Waals surface area contributed by atoms with E-state index in [1.807, 2.05) is 12.1 Å². The fourth-order valence-electron chi connectivity index (χ4n) is 1.18. The molecule has 2 rings (SSSR count). The van der Waals surface area contributed by atoms with Gasteiger partial charge in [0.05, 0.1) is 11.2 Å². The van der Waals surface area contributed by atoms with E-state index in [2.05, 4.69) is 0 Å². The van der Waals surface area contributed by atoms with E-state index in [1.54, 1.807) is 31.5 Å². The number of hydrogen-bond acceptors (Lipinski definition) is 4. The molecule has 3 nitrogen and oxygen atoms in total. The van der Waals surface area contributed by atoms with Crippen molar-refractivity contribution in [3.8, 4) is 0 Å². The molecule has 2 heterocycles. The Morgan fingerprint density at radius 1 is 1.56 bits per heavy atom. The van der Waals surface area contributed by atoms with E-state index in [-0.39, 0.29) is 5.91 Å². The molecule has 0 bridgehead atoms. The van der Waals surface area contributed by atoms with Crippen molar-refractivity contribution in [2.24, 2.45) is 0 Å². The van der Waals surface area contributed by atoms with Crippen molar-refractivity contribution in [3.63, 3.8) is 0 Å². The number of rotatable bonds is 2. The fourth-order valence-corrected chi connectivity index (χ4v) is 2.31. The van der Waals surface area contributed by atoms with Crippen LogP contribution in [-0.2, 0) is 4.79 Å². The van der Waals surface area contributed by atoms with E-state index in [4.69, 9.17) is 16.6 Å². The molecule has 1 saturated heterocycles. The van der Waals surface area contributed by atoms with Gasteiger partial charge in [0.2, 0.25) is 0 Å². The SMILES string of the molecule is CN1C(=O)C(=CC=Cc2ccco2)SC1=S. The Kier molecular flexibility index (Phi) is 3.26. The third-order valence-electron chi connectivity index (χ3n) is 2.04. The molecule has 0 unspecified atom stereocenters. The smallest absolute Gasteiger partial charge is 0.265 e. The van der Waals surface area contributed by atoms with Crippen LogP contribution in [0, 0.1) is 0 Å². The summed E-state index contributed by atoms with van der Waals surface area (Å²) in [7, 11) is 1.68. The Morgan fingerprint density at radius 3 is 2.94 bits per heavy atom. The number of hydrogen-bond donors (Lipinski definition) is 0. The lowest BCUT2D eigenvalue weighted by molar-refractivity contribution is -0.121. The van der Waals surface area contributed by atoms with Crippen LogP contribution in [0.15, 0.2) is 39.9 Å². The highest BCUT2D eigenvalue weighted by Crippen LogP contribution is 2.29. The van der Waals surface area contributed by atoms with Gasteiger partial charge in [0.15, 0.2) is 0 Å². The Morgan fingerprint density at radius 2 is 2.38 bits per heavy atom. The van der Waals surface area contributed by atoms with Crippen LogP contribution in [0.4, 0.5) is 0 Å². The standard InChI is InChI=1S/C11H9NO2S2/c1-12-10(13)9(16-11(12)15)6-2-4-8-5-3-7-14-8/h2-7H,1H3. The lowest BCUT2D eigenvalue weighted by atomic mass is 10.3. The first kappa shape index (κ1) is 11.2. The van der Waals surface area contributed by atoms with Crippen LogP contribution < -0.4 is 0 Å². The second kappa shape index (κ2) is 4.67. The van der Waals surface area contributed by atoms with Gasteiger partial charge in [-0.15, -0.1) is 0 Å². The van der Waals surface area contributed by atoms with E-state index in [0.29, 0.717) is 9.23 Å². The number of thiocarbonyl (C=S) groups is 1. The minimum Gasteiger partial charge on any atom is -0.465 e. The largest absolute Gasteiger partial charge is 0.465 e. The predicted molar refractivity (Wildman–Crippen MR) is 68.8 cm³/mol. The number of nitrogens with zero attached hydrogens (tertiary/aromatic N) is 1. The van der Waals surface area contributed by atoms with Crippen LogP contribution in [0.25, 0.3) is 6.08 Å². The van der Waals surface area contributed by atoms with Gasteiger partial charge < -0.3 is 4.42 Å². The molecule has 0 radical (unpaired) electrons. The van der Waals surface area contributed by atoms with Crippen molar-refractivity contribution in [1.82, 2.24) is 4.90 Å². The molecular weight excluding hydrogens is 242 g/mol.